The van der Waals surface area contributed by atoms with E-state index in [2.05, 4.69) is 15.8 Å². The highest BCUT2D eigenvalue weighted by atomic mass is 32.2. The molecule has 0 saturated heterocycles. The average molecular weight is 467 g/mol. The lowest BCUT2D eigenvalue weighted by atomic mass is 10.0. The first-order chi connectivity index (χ1) is 15.9. The summed E-state index contributed by atoms with van der Waals surface area (Å²) < 4.78 is 38.9. The normalized spacial score (nSPS) is 17.4. The highest BCUT2D eigenvalue weighted by molar-refractivity contribution is 7.89. The van der Waals surface area contributed by atoms with Gasteiger partial charge in [0.15, 0.2) is 0 Å². The number of aliphatic imine (C=N–C) groups is 1. The first-order valence-corrected chi connectivity index (χ1v) is 12.3. The summed E-state index contributed by atoms with van der Waals surface area (Å²) in [6.07, 6.45) is 5.72. The van der Waals surface area contributed by atoms with Crippen LogP contribution in [0.1, 0.15) is 41.3 Å². The number of nitrogens with zero attached hydrogens (tertiary/aromatic N) is 1. The van der Waals surface area contributed by atoms with Gasteiger partial charge in [0.05, 0.1) is 23.3 Å². The van der Waals surface area contributed by atoms with Crippen molar-refractivity contribution < 1.29 is 22.7 Å². The maximum atomic E-state index is 12.8. The van der Waals surface area contributed by atoms with Gasteiger partial charge in [-0.15, -0.1) is 0 Å². The van der Waals surface area contributed by atoms with Crippen LogP contribution in [0.3, 0.4) is 0 Å². The summed E-state index contributed by atoms with van der Waals surface area (Å²) in [5.74, 6) is 0.0609. The number of fused-ring (bicyclic) bond motifs is 1. The predicted molar refractivity (Wildman–Crippen MR) is 126 cm³/mol. The molecule has 2 aromatic carbocycles. The fourth-order valence-corrected chi connectivity index (χ4v) is 4.90. The Hall–Kier alpha value is -3.23. The minimum absolute atomic E-state index is 0.0393. The van der Waals surface area contributed by atoms with Gasteiger partial charge in [-0.3, -0.25) is 0 Å². The third-order valence-electron chi connectivity index (χ3n) is 5.65. The molecular formula is C25H26N2O5S. The van der Waals surface area contributed by atoms with Crippen molar-refractivity contribution in [1.29, 1.82) is 0 Å². The molecule has 0 fully saturated rings. The molecule has 172 valence electrons. The van der Waals surface area contributed by atoms with Crippen LogP contribution in [-0.2, 0) is 25.9 Å². The number of benzene rings is 2. The van der Waals surface area contributed by atoms with E-state index in [0.29, 0.717) is 25.2 Å². The van der Waals surface area contributed by atoms with Crippen LogP contribution >= 0.6 is 0 Å². The number of carbonyl (C=O) groups excluding carboxylic acids is 1. The first-order valence-electron chi connectivity index (χ1n) is 10.8. The van der Waals surface area contributed by atoms with E-state index in [1.165, 1.54) is 19.2 Å². The Bertz CT molecular complexity index is 1250. The quantitative estimate of drug-likeness (QED) is 0.598. The Morgan fingerprint density at radius 2 is 2.00 bits per heavy atom. The van der Waals surface area contributed by atoms with Crippen molar-refractivity contribution in [3.63, 3.8) is 0 Å². The third-order valence-corrected chi connectivity index (χ3v) is 7.10. The zero-order chi connectivity index (χ0) is 23.4. The maximum Gasteiger partial charge on any atom is 0.338 e. The van der Waals surface area contributed by atoms with Crippen molar-refractivity contribution in [2.75, 3.05) is 13.7 Å². The molecule has 33 heavy (non-hydrogen) atoms. The fraction of sp³-hybridized carbons (Fsp3) is 0.280. The highest BCUT2D eigenvalue weighted by Gasteiger charge is 2.28. The molecule has 1 atom stereocenters. The van der Waals surface area contributed by atoms with Crippen molar-refractivity contribution in [2.24, 2.45) is 4.99 Å². The zero-order valence-electron chi connectivity index (χ0n) is 18.6. The molecule has 0 bridgehead atoms. The van der Waals surface area contributed by atoms with Crippen LogP contribution in [0.5, 0.6) is 0 Å². The number of ether oxygens (including phenoxy) is 2. The summed E-state index contributed by atoms with van der Waals surface area (Å²) in [5.41, 5.74) is 3.79. The number of aryl methyl sites for hydroxylation is 1. The Labute approximate surface area is 193 Å². The van der Waals surface area contributed by atoms with Gasteiger partial charge in [0, 0.05) is 18.5 Å². The maximum absolute atomic E-state index is 12.8. The van der Waals surface area contributed by atoms with Crippen LogP contribution in [-0.4, -0.2) is 40.0 Å². The summed E-state index contributed by atoms with van der Waals surface area (Å²) in [6.45, 7) is 2.12. The van der Waals surface area contributed by atoms with E-state index in [-0.39, 0.29) is 23.1 Å². The lowest BCUT2D eigenvalue weighted by Gasteiger charge is -2.16. The van der Waals surface area contributed by atoms with E-state index < -0.39 is 16.0 Å². The molecule has 1 unspecified atom stereocenters. The molecule has 1 N–H and O–H groups in total. The summed E-state index contributed by atoms with van der Waals surface area (Å²) in [5, 5.41) is 0. The van der Waals surface area contributed by atoms with Crippen LogP contribution < -0.4 is 4.72 Å². The minimum atomic E-state index is -3.77. The summed E-state index contributed by atoms with van der Waals surface area (Å²) in [4.78, 5) is 16.7. The van der Waals surface area contributed by atoms with Gasteiger partial charge in [-0.25, -0.2) is 22.9 Å². The van der Waals surface area contributed by atoms with Crippen LogP contribution in [0.15, 0.2) is 81.8 Å². The Morgan fingerprint density at radius 3 is 2.73 bits per heavy atom. The first kappa shape index (κ1) is 22.9. The molecule has 8 heteroatoms. The van der Waals surface area contributed by atoms with Gasteiger partial charge in [0.25, 0.3) is 0 Å². The molecule has 0 aromatic heterocycles. The van der Waals surface area contributed by atoms with Gasteiger partial charge in [0.2, 0.25) is 15.9 Å². The monoisotopic (exact) mass is 466 g/mol. The molecule has 2 aromatic rings. The second kappa shape index (κ2) is 9.72. The topological polar surface area (TPSA) is 94.1 Å². The number of methoxy groups -OCH3 is 1. The van der Waals surface area contributed by atoms with E-state index in [9.17, 15) is 13.2 Å². The van der Waals surface area contributed by atoms with Gasteiger partial charge < -0.3 is 9.47 Å². The summed E-state index contributed by atoms with van der Waals surface area (Å²) in [6, 6.07) is 14.3. The third kappa shape index (κ3) is 5.07. The number of rotatable bonds is 8. The van der Waals surface area contributed by atoms with Crippen molar-refractivity contribution in [2.45, 2.75) is 37.2 Å². The number of carbonyl (C=O) groups is 1. The van der Waals surface area contributed by atoms with Crippen molar-refractivity contribution >= 4 is 21.9 Å². The molecule has 1 aliphatic heterocycles. The second-order valence-electron chi connectivity index (χ2n) is 7.79. The Balaban J connectivity index is 1.41. The van der Waals surface area contributed by atoms with E-state index in [0.717, 1.165) is 22.4 Å². The molecule has 0 radical (unpaired) electrons. The smallest absolute Gasteiger partial charge is 0.338 e. The molecule has 0 saturated carbocycles. The number of esters is 1. The second-order valence-corrected chi connectivity index (χ2v) is 9.55. The van der Waals surface area contributed by atoms with Gasteiger partial charge in [-0.2, -0.15) is 0 Å². The molecular weight excluding hydrogens is 440 g/mol. The summed E-state index contributed by atoms with van der Waals surface area (Å²) in [7, 11) is -2.49. The average Bonchev–Trinajstić information content (AvgIpc) is 3.27. The standard InChI is InChI=1S/C25H26N2O5S/c1-3-18-10-11-20(16-21(18)25(28)31-2)33(29,30)26-14-13-17-9-12-23-22(15-17)27-24(32-23)19-7-5-4-6-8-19/h4-11,15-16,23,26H,3,12-14H2,1-2H3. The van der Waals surface area contributed by atoms with E-state index in [1.54, 1.807) is 6.07 Å². The summed E-state index contributed by atoms with van der Waals surface area (Å²) >= 11 is 0. The van der Waals surface area contributed by atoms with E-state index in [1.807, 2.05) is 43.3 Å². The van der Waals surface area contributed by atoms with Crippen molar-refractivity contribution in [3.05, 3.63) is 88.6 Å². The zero-order valence-corrected chi connectivity index (χ0v) is 19.4. The van der Waals surface area contributed by atoms with Gasteiger partial charge in [0.1, 0.15) is 6.10 Å². The lowest BCUT2D eigenvalue weighted by molar-refractivity contribution is 0.0599. The van der Waals surface area contributed by atoms with Crippen LogP contribution in [0.2, 0.25) is 0 Å². The van der Waals surface area contributed by atoms with Crippen molar-refractivity contribution in [1.82, 2.24) is 4.72 Å². The molecule has 1 aliphatic carbocycles. The minimum Gasteiger partial charge on any atom is -0.467 e. The van der Waals surface area contributed by atoms with Gasteiger partial charge >= 0.3 is 5.97 Å². The predicted octanol–water partition coefficient (Wildman–Crippen LogP) is 3.76. The van der Waals surface area contributed by atoms with Crippen LogP contribution in [0.25, 0.3) is 0 Å². The lowest BCUT2D eigenvalue weighted by Crippen LogP contribution is -2.26. The van der Waals surface area contributed by atoms with Crippen molar-refractivity contribution in [3.8, 4) is 0 Å². The number of hydrogen-bond donors (Lipinski definition) is 1. The van der Waals surface area contributed by atoms with E-state index in [4.69, 9.17) is 9.47 Å². The molecule has 4 rings (SSSR count). The molecule has 7 nitrogen and oxygen atoms in total. The highest BCUT2D eigenvalue weighted by Crippen LogP contribution is 2.30. The molecule has 2 aliphatic rings. The SMILES string of the molecule is CCc1ccc(S(=O)(=O)NCCC2=CCC3OC(c4ccccc4)=NC3=C2)cc1C(=O)OC. The number of hydrogen-bond acceptors (Lipinski definition) is 6. The number of sulfonamides is 1. The largest absolute Gasteiger partial charge is 0.467 e. The van der Waals surface area contributed by atoms with Gasteiger partial charge in [-0.05, 0) is 54.3 Å². The van der Waals surface area contributed by atoms with Crippen LogP contribution in [0, 0.1) is 0 Å². The number of nitrogens with one attached hydrogen (secondary N) is 1. The molecule has 1 heterocycles. The van der Waals surface area contributed by atoms with Gasteiger partial charge in [-0.1, -0.05) is 37.3 Å². The molecule has 0 spiro atoms. The molecule has 0 amide bonds. The van der Waals surface area contributed by atoms with E-state index >= 15 is 0 Å². The number of allylic oxidation sites excluding steroid dienone is 1. The fourth-order valence-electron chi connectivity index (χ4n) is 3.84. The Morgan fingerprint density at radius 1 is 1.21 bits per heavy atom. The van der Waals surface area contributed by atoms with Crippen LogP contribution in [0.4, 0.5) is 0 Å². The Kier molecular flexibility index (Phi) is 6.76.